The quantitative estimate of drug-likeness (QED) is 0.309. The van der Waals surface area contributed by atoms with Crippen molar-refractivity contribution in [2.24, 2.45) is 11.3 Å². The molecule has 0 bridgehead atoms. The fourth-order valence-corrected chi connectivity index (χ4v) is 5.81. The second-order valence-corrected chi connectivity index (χ2v) is 12.5. The van der Waals surface area contributed by atoms with E-state index >= 15 is 0 Å². The lowest BCUT2D eigenvalue weighted by Gasteiger charge is -2.38. The second kappa shape index (κ2) is 14.0. The fourth-order valence-electron chi connectivity index (χ4n) is 5.81. The van der Waals surface area contributed by atoms with Crippen LogP contribution in [-0.4, -0.2) is 69.4 Å². The maximum atomic E-state index is 14.3. The predicted molar refractivity (Wildman–Crippen MR) is 166 cm³/mol. The number of nitrogens with one attached hydrogen (secondary N) is 3. The van der Waals surface area contributed by atoms with Crippen molar-refractivity contribution < 1.29 is 33.1 Å². The molecule has 1 aliphatic carbocycles. The number of carbonyl (C=O) groups excluding carboxylic acids is 3. The molecule has 1 saturated heterocycles. The van der Waals surface area contributed by atoms with E-state index in [9.17, 15) is 33.1 Å². The number of aryl methyl sites for hydroxylation is 1. The minimum Gasteiger partial charge on any atom is -0.480 e. The average molecular weight is 628 g/mol. The third-order valence-corrected chi connectivity index (χ3v) is 8.77. The van der Waals surface area contributed by atoms with Gasteiger partial charge in [0.05, 0.1) is 10.9 Å². The van der Waals surface area contributed by atoms with Gasteiger partial charge >= 0.3 is 5.97 Å². The largest absolute Gasteiger partial charge is 0.480 e. The first-order valence-electron chi connectivity index (χ1n) is 15.6. The van der Waals surface area contributed by atoms with Gasteiger partial charge in [-0.25, -0.2) is 14.2 Å². The zero-order valence-corrected chi connectivity index (χ0v) is 26.2. The summed E-state index contributed by atoms with van der Waals surface area (Å²) in [5.74, 6) is -5.97. The predicted octanol–water partition coefficient (Wildman–Crippen LogP) is 4.23. The smallest absolute Gasteiger partial charge is 0.322 e. The van der Waals surface area contributed by atoms with Gasteiger partial charge in [0.25, 0.3) is 5.91 Å². The summed E-state index contributed by atoms with van der Waals surface area (Å²) >= 11 is 0. The van der Waals surface area contributed by atoms with Crippen LogP contribution in [0.4, 0.5) is 8.78 Å². The molecule has 1 saturated carbocycles. The fraction of sp³-hybridized carbons (Fsp3) is 0.545. The summed E-state index contributed by atoms with van der Waals surface area (Å²) in [5, 5.41) is 16.9. The number of benzene rings is 1. The Hall–Kier alpha value is -3.93. The number of hydrazine groups is 1. The molecule has 0 spiro atoms. The molecule has 2 fully saturated rings. The van der Waals surface area contributed by atoms with Gasteiger partial charge in [-0.3, -0.25) is 29.2 Å². The Balaban J connectivity index is 1.51. The molecule has 3 unspecified atom stereocenters. The molecule has 2 heterocycles. The Morgan fingerprint density at radius 1 is 1.09 bits per heavy atom. The number of amides is 3. The number of hydrogen-bond acceptors (Lipinski definition) is 6. The minimum absolute atomic E-state index is 0.0964. The van der Waals surface area contributed by atoms with Crippen molar-refractivity contribution >= 4 is 40.7 Å². The highest BCUT2D eigenvalue weighted by Gasteiger charge is 2.47. The van der Waals surface area contributed by atoms with E-state index in [1.54, 1.807) is 26.0 Å². The van der Waals surface area contributed by atoms with E-state index < -0.39 is 66.0 Å². The van der Waals surface area contributed by atoms with Crippen LogP contribution in [0.25, 0.3) is 17.0 Å². The minimum atomic E-state index is -2.88. The van der Waals surface area contributed by atoms with Gasteiger partial charge < -0.3 is 15.7 Å². The lowest BCUT2D eigenvalue weighted by molar-refractivity contribution is -0.148. The van der Waals surface area contributed by atoms with Crippen LogP contribution in [0.15, 0.2) is 36.4 Å². The SMILES string of the molecule is CCc1ccc2ccc(/C=C/C3(C(=O)NC(C(=O)NC(C)C(=O)N4CCCC(C(=O)O)N4)C(C)C)CCC(F)(F)CC3)cc2n1. The maximum absolute atomic E-state index is 14.3. The number of aliphatic carboxylic acids is 1. The van der Waals surface area contributed by atoms with Crippen molar-refractivity contribution in [2.45, 2.75) is 96.7 Å². The van der Waals surface area contributed by atoms with Gasteiger partial charge in [-0.05, 0) is 62.6 Å². The first kappa shape index (κ1) is 34.0. The number of hydrogen-bond donors (Lipinski definition) is 4. The number of carbonyl (C=O) groups is 4. The van der Waals surface area contributed by atoms with E-state index in [0.29, 0.717) is 19.4 Å². The third-order valence-electron chi connectivity index (χ3n) is 8.77. The molecule has 2 aromatic rings. The standard InChI is InChI=1S/C33H43F2N5O5/c1-5-24-11-10-23-9-8-22(19-26(23)37-24)12-13-32(14-16-33(34,35)17-15-32)31(45)38-27(20(2)3)28(41)36-21(4)29(42)40-18-6-7-25(39-40)30(43)44/h8-13,19-21,25,27,39H,5-7,14-18H2,1-4H3,(H,36,41)(H,38,45)(H,43,44)/b13-12+. The molecule has 4 N–H and O–H groups in total. The molecule has 10 nitrogen and oxygen atoms in total. The molecule has 1 aliphatic heterocycles. The van der Waals surface area contributed by atoms with E-state index in [1.165, 1.54) is 11.9 Å². The second-order valence-electron chi connectivity index (χ2n) is 12.5. The number of alkyl halides is 2. The number of fused-ring (bicyclic) bond motifs is 1. The van der Waals surface area contributed by atoms with Crippen molar-refractivity contribution in [2.75, 3.05) is 6.54 Å². The lowest BCUT2D eigenvalue weighted by Crippen LogP contribution is -2.61. The summed E-state index contributed by atoms with van der Waals surface area (Å²) < 4.78 is 28.6. The van der Waals surface area contributed by atoms with Gasteiger partial charge in [-0.1, -0.05) is 51.1 Å². The highest BCUT2D eigenvalue weighted by Crippen LogP contribution is 2.45. The molecular formula is C33H43F2N5O5. The first-order valence-corrected chi connectivity index (χ1v) is 15.6. The highest BCUT2D eigenvalue weighted by molar-refractivity contribution is 5.94. The summed E-state index contributed by atoms with van der Waals surface area (Å²) in [6.45, 7) is 7.28. The Kier molecular flexibility index (Phi) is 10.6. The summed E-state index contributed by atoms with van der Waals surface area (Å²) in [7, 11) is 0. The van der Waals surface area contributed by atoms with Crippen molar-refractivity contribution in [1.29, 1.82) is 0 Å². The summed E-state index contributed by atoms with van der Waals surface area (Å²) in [4.78, 5) is 56.3. The topological polar surface area (TPSA) is 141 Å². The Morgan fingerprint density at radius 3 is 2.42 bits per heavy atom. The average Bonchev–Trinajstić information content (AvgIpc) is 3.02. The molecule has 2 aliphatic rings. The van der Waals surface area contributed by atoms with Gasteiger partial charge in [-0.2, -0.15) is 0 Å². The normalized spacial score (nSPS) is 21.0. The van der Waals surface area contributed by atoms with Crippen LogP contribution in [0.5, 0.6) is 0 Å². The van der Waals surface area contributed by atoms with Gasteiger partial charge in [0.1, 0.15) is 18.1 Å². The molecule has 1 aromatic carbocycles. The van der Waals surface area contributed by atoms with Crippen molar-refractivity contribution in [1.82, 2.24) is 26.1 Å². The van der Waals surface area contributed by atoms with Crippen LogP contribution in [0.3, 0.4) is 0 Å². The lowest BCUT2D eigenvalue weighted by atomic mass is 9.71. The number of aromatic nitrogens is 1. The number of nitrogens with zero attached hydrogens (tertiary/aromatic N) is 2. The Labute approximate surface area is 262 Å². The van der Waals surface area contributed by atoms with E-state index in [2.05, 4.69) is 21.0 Å². The molecule has 1 aromatic heterocycles. The van der Waals surface area contributed by atoms with E-state index in [-0.39, 0.29) is 18.8 Å². The number of carboxylic acids is 1. The van der Waals surface area contributed by atoms with E-state index in [0.717, 1.165) is 28.6 Å². The molecule has 45 heavy (non-hydrogen) atoms. The van der Waals surface area contributed by atoms with Crippen LogP contribution in [-0.2, 0) is 25.6 Å². The number of rotatable bonds is 10. The van der Waals surface area contributed by atoms with Crippen molar-refractivity contribution in [3.8, 4) is 0 Å². The number of pyridine rings is 1. The van der Waals surface area contributed by atoms with Gasteiger partial charge in [0.15, 0.2) is 0 Å². The zero-order chi connectivity index (χ0) is 32.9. The van der Waals surface area contributed by atoms with Crippen LogP contribution < -0.4 is 16.1 Å². The third kappa shape index (κ3) is 8.22. The van der Waals surface area contributed by atoms with Crippen molar-refractivity contribution in [3.05, 3.63) is 47.7 Å². The number of carboxylic acid groups (broad SMARTS) is 1. The zero-order valence-electron chi connectivity index (χ0n) is 26.2. The molecule has 244 valence electrons. The molecule has 3 atom stereocenters. The molecule has 3 amide bonds. The van der Waals surface area contributed by atoms with Gasteiger partial charge in [0, 0.05) is 30.5 Å². The summed E-state index contributed by atoms with van der Waals surface area (Å²) in [6.07, 6.45) is 3.95. The Bertz CT molecular complexity index is 1450. The maximum Gasteiger partial charge on any atom is 0.322 e. The summed E-state index contributed by atoms with van der Waals surface area (Å²) in [5.41, 5.74) is 3.92. The number of halogens is 2. The van der Waals surface area contributed by atoms with Crippen LogP contribution in [0.2, 0.25) is 0 Å². The van der Waals surface area contributed by atoms with Crippen LogP contribution >= 0.6 is 0 Å². The molecular weight excluding hydrogens is 584 g/mol. The van der Waals surface area contributed by atoms with Gasteiger partial charge in [-0.15, -0.1) is 0 Å². The van der Waals surface area contributed by atoms with Crippen LogP contribution in [0, 0.1) is 11.3 Å². The monoisotopic (exact) mass is 627 g/mol. The summed E-state index contributed by atoms with van der Waals surface area (Å²) in [6, 6.07) is 6.71. The highest BCUT2D eigenvalue weighted by atomic mass is 19.3. The molecule has 0 radical (unpaired) electrons. The molecule has 4 rings (SSSR count). The molecule has 12 heteroatoms. The van der Waals surface area contributed by atoms with Gasteiger partial charge in [0.2, 0.25) is 17.7 Å². The Morgan fingerprint density at radius 2 is 1.78 bits per heavy atom. The first-order chi connectivity index (χ1) is 21.2. The van der Waals surface area contributed by atoms with E-state index in [4.69, 9.17) is 0 Å². The van der Waals surface area contributed by atoms with Crippen LogP contribution in [0.1, 0.15) is 77.5 Å². The van der Waals surface area contributed by atoms with Crippen molar-refractivity contribution in [3.63, 3.8) is 0 Å². The van der Waals surface area contributed by atoms with E-state index in [1.807, 2.05) is 37.3 Å².